The highest BCUT2D eigenvalue weighted by Gasteiger charge is 2.21. The van der Waals surface area contributed by atoms with Gasteiger partial charge in [0.05, 0.1) is 6.04 Å². The first-order chi connectivity index (χ1) is 14.0. The number of rotatable bonds is 8. The van der Waals surface area contributed by atoms with Crippen molar-refractivity contribution < 1.29 is 0 Å². The summed E-state index contributed by atoms with van der Waals surface area (Å²) in [5.74, 6) is 0.490. The van der Waals surface area contributed by atoms with Crippen LogP contribution in [-0.4, -0.2) is 32.5 Å². The molecule has 3 aromatic carbocycles. The van der Waals surface area contributed by atoms with E-state index in [9.17, 15) is 0 Å². The van der Waals surface area contributed by atoms with E-state index < -0.39 is 7.92 Å². The second-order valence-electron chi connectivity index (χ2n) is 7.86. The molecule has 3 aromatic rings. The fourth-order valence-electron chi connectivity index (χ4n) is 3.23. The zero-order valence-corrected chi connectivity index (χ0v) is 18.8. The maximum absolute atomic E-state index is 5.04. The van der Waals surface area contributed by atoms with Gasteiger partial charge in [-0.3, -0.25) is 4.99 Å². The highest BCUT2D eigenvalue weighted by Crippen LogP contribution is 2.36. The first kappa shape index (κ1) is 21.3. The molecule has 0 aliphatic carbocycles. The predicted molar refractivity (Wildman–Crippen MR) is 131 cm³/mol. The van der Waals surface area contributed by atoms with Crippen LogP contribution in [0.4, 0.5) is 5.69 Å². The smallest absolute Gasteiger partial charge is 0.0567 e. The summed E-state index contributed by atoms with van der Waals surface area (Å²) in [7, 11) is 3.69. The summed E-state index contributed by atoms with van der Waals surface area (Å²) in [5, 5.41) is 2.84. The van der Waals surface area contributed by atoms with Crippen molar-refractivity contribution in [2.75, 3.05) is 25.2 Å². The van der Waals surface area contributed by atoms with E-state index in [1.165, 1.54) is 16.3 Å². The van der Waals surface area contributed by atoms with E-state index in [0.29, 0.717) is 5.92 Å². The van der Waals surface area contributed by atoms with Gasteiger partial charge in [-0.15, -0.1) is 0 Å². The van der Waals surface area contributed by atoms with Crippen LogP contribution in [0, 0.1) is 5.92 Å². The number of anilines is 1. The molecule has 0 N–H and O–H groups in total. The minimum absolute atomic E-state index is 0.287. The predicted octanol–water partition coefficient (Wildman–Crippen LogP) is 5.33. The zero-order chi connectivity index (χ0) is 20.6. The van der Waals surface area contributed by atoms with Gasteiger partial charge in [-0.2, -0.15) is 0 Å². The van der Waals surface area contributed by atoms with Crippen LogP contribution in [-0.2, 0) is 0 Å². The fraction of sp³-hybridized carbons (Fsp3) is 0.269. The van der Waals surface area contributed by atoms with Gasteiger partial charge in [0, 0.05) is 26.0 Å². The van der Waals surface area contributed by atoms with Gasteiger partial charge in [0.2, 0.25) is 0 Å². The Morgan fingerprint density at radius 3 is 1.76 bits per heavy atom. The Kier molecular flexibility index (Phi) is 7.61. The average molecular weight is 403 g/mol. The zero-order valence-electron chi connectivity index (χ0n) is 17.9. The molecule has 0 aromatic heterocycles. The molecule has 1 atom stereocenters. The van der Waals surface area contributed by atoms with Gasteiger partial charge in [0.1, 0.15) is 0 Å². The lowest BCUT2D eigenvalue weighted by atomic mass is 10.1. The molecule has 0 radical (unpaired) electrons. The van der Waals surface area contributed by atoms with Gasteiger partial charge in [0.15, 0.2) is 0 Å². The molecule has 29 heavy (non-hydrogen) atoms. The first-order valence-electron chi connectivity index (χ1n) is 10.2. The van der Waals surface area contributed by atoms with E-state index in [1.807, 2.05) is 6.21 Å². The molecule has 0 aliphatic rings. The summed E-state index contributed by atoms with van der Waals surface area (Å²) < 4.78 is 0. The fourth-order valence-corrected chi connectivity index (χ4v) is 5.91. The minimum atomic E-state index is -0.437. The molecule has 150 valence electrons. The lowest BCUT2D eigenvalue weighted by molar-refractivity contribution is 0.538. The van der Waals surface area contributed by atoms with Crippen LogP contribution in [0.2, 0.25) is 0 Å². The van der Waals surface area contributed by atoms with Crippen LogP contribution in [0.1, 0.15) is 19.4 Å². The standard InChI is InChI=1S/C26H31N2P/c1-21(2)26(27-19-22-15-17-23(18-16-22)28(3)4)20-29(24-11-7-5-8-12-24)25-13-9-6-10-14-25/h5-19,21,26H,20H2,1-4H3. The molecule has 0 spiro atoms. The van der Waals surface area contributed by atoms with Crippen molar-refractivity contribution >= 4 is 30.4 Å². The van der Waals surface area contributed by atoms with E-state index in [4.69, 9.17) is 4.99 Å². The quantitative estimate of drug-likeness (QED) is 0.367. The monoisotopic (exact) mass is 402 g/mol. The summed E-state index contributed by atoms with van der Waals surface area (Å²) in [5.41, 5.74) is 2.37. The summed E-state index contributed by atoms with van der Waals surface area (Å²) in [6, 6.07) is 30.7. The molecule has 0 aliphatic heterocycles. The number of aliphatic imine (C=N–C) groups is 1. The van der Waals surface area contributed by atoms with Crippen molar-refractivity contribution in [3.63, 3.8) is 0 Å². The third-order valence-electron chi connectivity index (χ3n) is 5.10. The molecular weight excluding hydrogens is 371 g/mol. The molecule has 0 saturated carbocycles. The summed E-state index contributed by atoms with van der Waals surface area (Å²) in [6.45, 7) is 4.56. The molecule has 1 unspecified atom stereocenters. The lowest BCUT2D eigenvalue weighted by Crippen LogP contribution is -2.24. The second-order valence-corrected chi connectivity index (χ2v) is 10.1. The lowest BCUT2D eigenvalue weighted by Gasteiger charge is -2.25. The second kappa shape index (κ2) is 10.4. The number of hydrogen-bond donors (Lipinski definition) is 0. The van der Waals surface area contributed by atoms with Crippen LogP contribution in [0.3, 0.4) is 0 Å². The van der Waals surface area contributed by atoms with Crippen LogP contribution in [0.5, 0.6) is 0 Å². The van der Waals surface area contributed by atoms with E-state index >= 15 is 0 Å². The maximum Gasteiger partial charge on any atom is 0.0567 e. The highest BCUT2D eigenvalue weighted by atomic mass is 31.1. The molecule has 0 fully saturated rings. The van der Waals surface area contributed by atoms with Crippen LogP contribution in [0.15, 0.2) is 89.9 Å². The Balaban J connectivity index is 1.83. The Hall–Kier alpha value is -2.44. The van der Waals surface area contributed by atoms with Crippen LogP contribution >= 0.6 is 7.92 Å². The van der Waals surface area contributed by atoms with Crippen LogP contribution < -0.4 is 15.5 Å². The molecule has 2 nitrogen and oxygen atoms in total. The van der Waals surface area contributed by atoms with Gasteiger partial charge in [-0.1, -0.05) is 86.6 Å². The minimum Gasteiger partial charge on any atom is -0.378 e. The van der Waals surface area contributed by atoms with E-state index in [1.54, 1.807) is 0 Å². The Labute approximate surface area is 177 Å². The number of hydrogen-bond acceptors (Lipinski definition) is 2. The molecule has 3 heteroatoms. The number of benzene rings is 3. The molecule has 0 bridgehead atoms. The Morgan fingerprint density at radius 1 is 0.793 bits per heavy atom. The van der Waals surface area contributed by atoms with Gasteiger partial charge in [-0.25, -0.2) is 0 Å². The van der Waals surface area contributed by atoms with E-state index in [-0.39, 0.29) is 6.04 Å². The van der Waals surface area contributed by atoms with Crippen molar-refractivity contribution in [1.82, 2.24) is 0 Å². The van der Waals surface area contributed by atoms with Crippen molar-refractivity contribution in [2.45, 2.75) is 19.9 Å². The van der Waals surface area contributed by atoms with E-state index in [2.05, 4.69) is 118 Å². The third kappa shape index (κ3) is 6.02. The van der Waals surface area contributed by atoms with Gasteiger partial charge >= 0.3 is 0 Å². The highest BCUT2D eigenvalue weighted by molar-refractivity contribution is 7.73. The Morgan fingerprint density at radius 2 is 1.31 bits per heavy atom. The largest absolute Gasteiger partial charge is 0.378 e. The van der Waals surface area contributed by atoms with Crippen molar-refractivity contribution in [3.05, 3.63) is 90.5 Å². The third-order valence-corrected chi connectivity index (χ3v) is 7.68. The molecule has 0 amide bonds. The Bertz CT molecular complexity index is 848. The summed E-state index contributed by atoms with van der Waals surface area (Å²) in [4.78, 5) is 7.15. The molecule has 0 heterocycles. The topological polar surface area (TPSA) is 15.6 Å². The van der Waals surface area contributed by atoms with Crippen molar-refractivity contribution in [3.8, 4) is 0 Å². The van der Waals surface area contributed by atoms with Crippen molar-refractivity contribution in [2.24, 2.45) is 10.9 Å². The summed E-state index contributed by atoms with van der Waals surface area (Å²) >= 11 is 0. The van der Waals surface area contributed by atoms with Crippen molar-refractivity contribution in [1.29, 1.82) is 0 Å². The van der Waals surface area contributed by atoms with Crippen LogP contribution in [0.25, 0.3) is 0 Å². The average Bonchev–Trinajstić information content (AvgIpc) is 2.75. The van der Waals surface area contributed by atoms with Gasteiger partial charge in [-0.05, 0) is 48.3 Å². The summed E-state index contributed by atoms with van der Waals surface area (Å²) in [6.07, 6.45) is 3.11. The maximum atomic E-state index is 5.04. The van der Waals surface area contributed by atoms with Gasteiger partial charge < -0.3 is 4.90 Å². The normalized spacial score (nSPS) is 12.6. The molecule has 0 saturated heterocycles. The van der Waals surface area contributed by atoms with Gasteiger partial charge in [0.25, 0.3) is 0 Å². The molecular formula is C26H31N2P. The SMILES string of the molecule is CC(C)C(CP(c1ccccc1)c1ccccc1)N=Cc1ccc(N(C)C)cc1. The number of nitrogens with zero attached hydrogens (tertiary/aromatic N) is 2. The first-order valence-corrected chi connectivity index (χ1v) is 11.8. The van der Waals surface area contributed by atoms with E-state index in [0.717, 1.165) is 11.7 Å². The molecule has 3 rings (SSSR count).